The molecule has 0 bridgehead atoms. The Morgan fingerprint density at radius 1 is 1.08 bits per heavy atom. The maximum Gasteiger partial charge on any atom is 0.256 e. The SMILES string of the molecule is CCC(=O)Nc1ccc2c(c1)/C(=C\c1cccc3ccccc13)C(=O)N2. The number of rotatable bonds is 3. The zero-order valence-electron chi connectivity index (χ0n) is 14.4. The fourth-order valence-corrected chi connectivity index (χ4v) is 3.19. The first kappa shape index (κ1) is 16.1. The van der Waals surface area contributed by atoms with Crippen LogP contribution in [0.3, 0.4) is 0 Å². The van der Waals surface area contributed by atoms with Crippen molar-refractivity contribution in [2.75, 3.05) is 10.6 Å². The van der Waals surface area contributed by atoms with Crippen LogP contribution in [0.25, 0.3) is 22.4 Å². The number of hydrogen-bond donors (Lipinski definition) is 2. The minimum Gasteiger partial charge on any atom is -0.326 e. The van der Waals surface area contributed by atoms with Crippen molar-refractivity contribution in [3.05, 3.63) is 71.8 Å². The highest BCUT2D eigenvalue weighted by Crippen LogP contribution is 2.36. The van der Waals surface area contributed by atoms with Crippen molar-refractivity contribution >= 4 is 45.6 Å². The molecule has 2 N–H and O–H groups in total. The minimum absolute atomic E-state index is 0.0539. The zero-order valence-corrected chi connectivity index (χ0v) is 14.4. The molecule has 1 aliphatic heterocycles. The van der Waals surface area contributed by atoms with E-state index in [1.165, 1.54) is 0 Å². The van der Waals surface area contributed by atoms with Crippen molar-refractivity contribution in [1.82, 2.24) is 0 Å². The molecule has 4 rings (SSSR count). The molecule has 0 aromatic heterocycles. The Morgan fingerprint density at radius 3 is 2.73 bits per heavy atom. The molecule has 128 valence electrons. The molecule has 4 nitrogen and oxygen atoms in total. The summed E-state index contributed by atoms with van der Waals surface area (Å²) < 4.78 is 0. The highest BCUT2D eigenvalue weighted by atomic mass is 16.2. The van der Waals surface area contributed by atoms with E-state index >= 15 is 0 Å². The van der Waals surface area contributed by atoms with Gasteiger partial charge in [0, 0.05) is 28.9 Å². The van der Waals surface area contributed by atoms with Gasteiger partial charge in [0.1, 0.15) is 0 Å². The first-order chi connectivity index (χ1) is 12.7. The van der Waals surface area contributed by atoms with Crippen LogP contribution in [0, 0.1) is 0 Å². The molecule has 0 saturated carbocycles. The maximum absolute atomic E-state index is 12.5. The predicted molar refractivity (Wildman–Crippen MR) is 106 cm³/mol. The predicted octanol–water partition coefficient (Wildman–Crippen LogP) is 4.68. The molecule has 0 radical (unpaired) electrons. The number of carbonyl (C=O) groups is 2. The van der Waals surface area contributed by atoms with Crippen LogP contribution in [-0.4, -0.2) is 11.8 Å². The van der Waals surface area contributed by atoms with Gasteiger partial charge in [0.15, 0.2) is 0 Å². The number of nitrogens with one attached hydrogen (secondary N) is 2. The van der Waals surface area contributed by atoms with E-state index in [-0.39, 0.29) is 11.8 Å². The number of benzene rings is 3. The van der Waals surface area contributed by atoms with Gasteiger partial charge in [-0.05, 0) is 40.6 Å². The summed E-state index contributed by atoms with van der Waals surface area (Å²) in [6, 6.07) is 19.6. The number of anilines is 2. The fourth-order valence-electron chi connectivity index (χ4n) is 3.19. The van der Waals surface area contributed by atoms with Gasteiger partial charge in [-0.2, -0.15) is 0 Å². The third-order valence-corrected chi connectivity index (χ3v) is 4.53. The van der Waals surface area contributed by atoms with Gasteiger partial charge in [-0.15, -0.1) is 0 Å². The Morgan fingerprint density at radius 2 is 1.88 bits per heavy atom. The summed E-state index contributed by atoms with van der Waals surface area (Å²) in [6.07, 6.45) is 2.32. The van der Waals surface area contributed by atoms with E-state index in [4.69, 9.17) is 0 Å². The van der Waals surface area contributed by atoms with Crippen LogP contribution >= 0.6 is 0 Å². The van der Waals surface area contributed by atoms with Gasteiger partial charge >= 0.3 is 0 Å². The van der Waals surface area contributed by atoms with Crippen molar-refractivity contribution in [3.8, 4) is 0 Å². The van der Waals surface area contributed by atoms with Crippen molar-refractivity contribution < 1.29 is 9.59 Å². The molecule has 2 amide bonds. The number of hydrogen-bond acceptors (Lipinski definition) is 2. The molecule has 1 heterocycles. The molecule has 3 aromatic carbocycles. The summed E-state index contributed by atoms with van der Waals surface area (Å²) in [6.45, 7) is 1.81. The highest BCUT2D eigenvalue weighted by molar-refractivity contribution is 6.35. The standard InChI is InChI=1S/C22H18N2O2/c1-2-21(25)23-16-10-11-20-18(13-16)19(22(26)24-20)12-15-8-5-7-14-6-3-4-9-17(14)15/h3-13H,2H2,1H3,(H,23,25)(H,24,26)/b19-12+. The van der Waals surface area contributed by atoms with Crippen LogP contribution in [-0.2, 0) is 9.59 Å². The van der Waals surface area contributed by atoms with E-state index in [2.05, 4.69) is 22.8 Å². The second-order valence-corrected chi connectivity index (χ2v) is 6.24. The lowest BCUT2D eigenvalue weighted by atomic mass is 9.99. The highest BCUT2D eigenvalue weighted by Gasteiger charge is 2.24. The Kier molecular flexibility index (Phi) is 4.01. The summed E-state index contributed by atoms with van der Waals surface area (Å²) >= 11 is 0. The van der Waals surface area contributed by atoms with Gasteiger partial charge < -0.3 is 10.6 Å². The molecule has 0 unspecified atom stereocenters. The van der Waals surface area contributed by atoms with Crippen molar-refractivity contribution in [1.29, 1.82) is 0 Å². The monoisotopic (exact) mass is 342 g/mol. The molecule has 0 aliphatic carbocycles. The van der Waals surface area contributed by atoms with Crippen molar-refractivity contribution in [2.24, 2.45) is 0 Å². The van der Waals surface area contributed by atoms with Gasteiger partial charge in [0.25, 0.3) is 5.91 Å². The molecule has 0 fully saturated rings. The van der Waals surface area contributed by atoms with Crippen LogP contribution < -0.4 is 10.6 Å². The van der Waals surface area contributed by atoms with Crippen molar-refractivity contribution in [2.45, 2.75) is 13.3 Å². The number of fused-ring (bicyclic) bond motifs is 2. The van der Waals surface area contributed by atoms with E-state index in [1.54, 1.807) is 13.0 Å². The topological polar surface area (TPSA) is 58.2 Å². The van der Waals surface area contributed by atoms with Gasteiger partial charge in [0.05, 0.1) is 0 Å². The molecule has 0 atom stereocenters. The summed E-state index contributed by atoms with van der Waals surface area (Å²) in [4.78, 5) is 24.2. The van der Waals surface area contributed by atoms with E-state index < -0.39 is 0 Å². The first-order valence-corrected chi connectivity index (χ1v) is 8.61. The van der Waals surface area contributed by atoms with E-state index in [0.29, 0.717) is 17.7 Å². The molecular formula is C22H18N2O2. The van der Waals surface area contributed by atoms with Crippen LogP contribution in [0.2, 0.25) is 0 Å². The average Bonchev–Trinajstić information content (AvgIpc) is 2.97. The van der Waals surface area contributed by atoms with Gasteiger partial charge in [-0.25, -0.2) is 0 Å². The van der Waals surface area contributed by atoms with Crippen molar-refractivity contribution in [3.63, 3.8) is 0 Å². The summed E-state index contributed by atoms with van der Waals surface area (Å²) in [5, 5.41) is 7.96. The normalized spacial score (nSPS) is 14.3. The Hall–Kier alpha value is -3.40. The quantitative estimate of drug-likeness (QED) is 0.679. The second kappa shape index (κ2) is 6.48. The lowest BCUT2D eigenvalue weighted by Gasteiger charge is -2.07. The average molecular weight is 342 g/mol. The lowest BCUT2D eigenvalue weighted by Crippen LogP contribution is -2.09. The first-order valence-electron chi connectivity index (χ1n) is 8.61. The van der Waals surface area contributed by atoms with Crippen LogP contribution in [0.15, 0.2) is 60.7 Å². The number of amides is 2. The Bertz CT molecular complexity index is 1060. The summed E-state index contributed by atoms with van der Waals surface area (Å²) in [7, 11) is 0. The largest absolute Gasteiger partial charge is 0.326 e. The van der Waals surface area contributed by atoms with Crippen LogP contribution in [0.1, 0.15) is 24.5 Å². The summed E-state index contributed by atoms with van der Waals surface area (Å²) in [5.41, 5.74) is 3.84. The van der Waals surface area contributed by atoms with Gasteiger partial charge in [-0.1, -0.05) is 49.4 Å². The third-order valence-electron chi connectivity index (χ3n) is 4.53. The van der Waals surface area contributed by atoms with E-state index in [9.17, 15) is 9.59 Å². The number of carbonyl (C=O) groups excluding carboxylic acids is 2. The summed E-state index contributed by atoms with van der Waals surface area (Å²) in [5.74, 6) is -0.186. The van der Waals surface area contributed by atoms with E-state index in [1.807, 2.05) is 48.5 Å². The molecule has 0 spiro atoms. The van der Waals surface area contributed by atoms with Crippen LogP contribution in [0.4, 0.5) is 11.4 Å². The second-order valence-electron chi connectivity index (χ2n) is 6.24. The Labute approximate surface area is 151 Å². The Balaban J connectivity index is 1.80. The fraction of sp³-hybridized carbons (Fsp3) is 0.0909. The molecule has 0 saturated heterocycles. The van der Waals surface area contributed by atoms with Crippen LogP contribution in [0.5, 0.6) is 0 Å². The van der Waals surface area contributed by atoms with Gasteiger partial charge in [-0.3, -0.25) is 9.59 Å². The third kappa shape index (κ3) is 2.86. The zero-order chi connectivity index (χ0) is 18.1. The lowest BCUT2D eigenvalue weighted by molar-refractivity contribution is -0.116. The smallest absolute Gasteiger partial charge is 0.256 e. The van der Waals surface area contributed by atoms with Gasteiger partial charge in [0.2, 0.25) is 5.91 Å². The van der Waals surface area contributed by atoms with E-state index in [0.717, 1.165) is 27.6 Å². The molecule has 4 heteroatoms. The maximum atomic E-state index is 12.5. The molecule has 1 aliphatic rings. The minimum atomic E-state index is -0.132. The molecule has 26 heavy (non-hydrogen) atoms. The molecular weight excluding hydrogens is 324 g/mol. The molecule has 3 aromatic rings.